The first-order chi connectivity index (χ1) is 9.16. The molecule has 0 aliphatic heterocycles. The molecule has 0 saturated carbocycles. The lowest BCUT2D eigenvalue weighted by atomic mass is 10.2. The highest BCUT2D eigenvalue weighted by Gasteiger charge is 2.05. The molecule has 0 radical (unpaired) electrons. The lowest BCUT2D eigenvalue weighted by molar-refractivity contribution is 0.333. The van der Waals surface area contributed by atoms with Crippen LogP contribution in [0.15, 0.2) is 42.5 Å². The third-order valence-corrected chi connectivity index (χ3v) is 3.24. The second-order valence-electron chi connectivity index (χ2n) is 4.19. The van der Waals surface area contributed by atoms with Gasteiger partial charge in [0.2, 0.25) is 0 Å². The molecule has 2 nitrogen and oxygen atoms in total. The molecule has 0 aliphatic rings. The number of halogens is 2. The fraction of sp³-hybridized carbons (Fsp3) is 0.200. The molecule has 0 fully saturated rings. The molecule has 19 heavy (non-hydrogen) atoms. The Hall–Kier alpha value is -1.38. The maximum absolute atomic E-state index is 6.01. The van der Waals surface area contributed by atoms with E-state index in [2.05, 4.69) is 24.4 Å². The van der Waals surface area contributed by atoms with Crippen molar-refractivity contribution in [3.63, 3.8) is 0 Å². The molecule has 0 amide bonds. The number of anilines is 1. The summed E-state index contributed by atoms with van der Waals surface area (Å²) in [6.07, 6.45) is 0. The quantitative estimate of drug-likeness (QED) is 0.801. The highest BCUT2D eigenvalue weighted by atomic mass is 35.5. The largest absolute Gasteiger partial charge is 0.489 e. The van der Waals surface area contributed by atoms with Gasteiger partial charge >= 0.3 is 0 Å². The minimum Gasteiger partial charge on any atom is -0.489 e. The van der Waals surface area contributed by atoms with E-state index in [1.54, 1.807) is 18.2 Å². The van der Waals surface area contributed by atoms with Gasteiger partial charge in [0.15, 0.2) is 5.75 Å². The molecular formula is C15H15Cl2NO. The van der Waals surface area contributed by atoms with Gasteiger partial charge in [-0.1, -0.05) is 47.0 Å². The van der Waals surface area contributed by atoms with Crippen molar-refractivity contribution in [2.45, 2.75) is 6.92 Å². The number of ether oxygens (including phenoxy) is 1. The number of para-hydroxylation sites is 1. The molecule has 0 atom stereocenters. The van der Waals surface area contributed by atoms with Gasteiger partial charge < -0.3 is 10.1 Å². The first-order valence-corrected chi connectivity index (χ1v) is 6.80. The fourth-order valence-corrected chi connectivity index (χ4v) is 2.15. The highest BCUT2D eigenvalue weighted by molar-refractivity contribution is 6.37. The van der Waals surface area contributed by atoms with Crippen molar-refractivity contribution in [1.82, 2.24) is 0 Å². The Balaban J connectivity index is 1.82. The Morgan fingerprint density at radius 3 is 2.26 bits per heavy atom. The van der Waals surface area contributed by atoms with Gasteiger partial charge in [-0.25, -0.2) is 0 Å². The molecule has 2 aromatic carbocycles. The summed E-state index contributed by atoms with van der Waals surface area (Å²) in [5.41, 5.74) is 2.31. The Kier molecular flexibility index (Phi) is 4.94. The monoisotopic (exact) mass is 295 g/mol. The lowest BCUT2D eigenvalue weighted by Crippen LogP contribution is -2.11. The van der Waals surface area contributed by atoms with E-state index in [1.165, 1.54) is 5.56 Å². The van der Waals surface area contributed by atoms with Gasteiger partial charge in [0.25, 0.3) is 0 Å². The lowest BCUT2D eigenvalue weighted by Gasteiger charge is -2.11. The molecule has 0 aromatic heterocycles. The summed E-state index contributed by atoms with van der Waals surface area (Å²) in [5, 5.41) is 4.33. The minimum absolute atomic E-state index is 0.497. The summed E-state index contributed by atoms with van der Waals surface area (Å²) in [6, 6.07) is 13.5. The fourth-order valence-electron chi connectivity index (χ4n) is 1.64. The second-order valence-corrected chi connectivity index (χ2v) is 5.01. The zero-order valence-corrected chi connectivity index (χ0v) is 12.1. The van der Waals surface area contributed by atoms with Crippen molar-refractivity contribution in [2.75, 3.05) is 18.5 Å². The van der Waals surface area contributed by atoms with Crippen LogP contribution in [-0.2, 0) is 0 Å². The van der Waals surface area contributed by atoms with E-state index in [-0.39, 0.29) is 0 Å². The predicted octanol–water partition coefficient (Wildman–Crippen LogP) is 4.79. The molecule has 2 aromatic rings. The van der Waals surface area contributed by atoms with E-state index in [4.69, 9.17) is 27.9 Å². The minimum atomic E-state index is 0.497. The van der Waals surface area contributed by atoms with E-state index in [9.17, 15) is 0 Å². The summed E-state index contributed by atoms with van der Waals surface area (Å²) < 4.78 is 5.59. The van der Waals surface area contributed by atoms with E-state index < -0.39 is 0 Å². The number of hydrogen-bond donors (Lipinski definition) is 1. The van der Waals surface area contributed by atoms with Crippen LogP contribution in [-0.4, -0.2) is 13.2 Å². The van der Waals surface area contributed by atoms with Crippen LogP contribution in [0, 0.1) is 6.92 Å². The molecule has 0 aliphatic carbocycles. The Morgan fingerprint density at radius 2 is 1.63 bits per heavy atom. The van der Waals surface area contributed by atoms with Gasteiger partial charge in [-0.3, -0.25) is 0 Å². The Labute approximate surface area is 123 Å². The number of nitrogens with one attached hydrogen (secondary N) is 1. The zero-order chi connectivity index (χ0) is 13.7. The van der Waals surface area contributed by atoms with Crippen molar-refractivity contribution in [3.8, 4) is 5.75 Å². The van der Waals surface area contributed by atoms with Gasteiger partial charge in [-0.15, -0.1) is 0 Å². The average molecular weight is 296 g/mol. The molecule has 0 unspecified atom stereocenters. The van der Waals surface area contributed by atoms with E-state index in [1.807, 2.05) is 12.1 Å². The van der Waals surface area contributed by atoms with Crippen LogP contribution >= 0.6 is 23.2 Å². The van der Waals surface area contributed by atoms with Crippen molar-refractivity contribution in [1.29, 1.82) is 0 Å². The first kappa shape index (κ1) is 14.0. The van der Waals surface area contributed by atoms with Gasteiger partial charge in [-0.2, -0.15) is 0 Å². The summed E-state index contributed by atoms with van der Waals surface area (Å²) >= 11 is 12.0. The topological polar surface area (TPSA) is 21.3 Å². The number of hydrogen-bond acceptors (Lipinski definition) is 2. The van der Waals surface area contributed by atoms with Crippen molar-refractivity contribution in [3.05, 3.63) is 58.1 Å². The Bertz CT molecular complexity index is 520. The van der Waals surface area contributed by atoms with Crippen LogP contribution in [0.4, 0.5) is 5.69 Å². The molecule has 2 rings (SSSR count). The number of benzene rings is 2. The summed E-state index contributed by atoms with van der Waals surface area (Å²) in [6.45, 7) is 3.24. The maximum atomic E-state index is 6.01. The van der Waals surface area contributed by atoms with Gasteiger partial charge in [0.05, 0.1) is 10.0 Å². The van der Waals surface area contributed by atoms with Crippen molar-refractivity contribution >= 4 is 28.9 Å². The van der Waals surface area contributed by atoms with Crippen LogP contribution < -0.4 is 10.1 Å². The molecule has 1 N–H and O–H groups in total. The molecule has 0 heterocycles. The van der Waals surface area contributed by atoms with Gasteiger partial charge in [0.1, 0.15) is 6.61 Å². The first-order valence-electron chi connectivity index (χ1n) is 6.04. The van der Waals surface area contributed by atoms with Crippen molar-refractivity contribution < 1.29 is 4.74 Å². The van der Waals surface area contributed by atoms with Gasteiger partial charge in [0, 0.05) is 12.2 Å². The zero-order valence-electron chi connectivity index (χ0n) is 10.6. The van der Waals surface area contributed by atoms with Crippen LogP contribution in [0.25, 0.3) is 0 Å². The SMILES string of the molecule is Cc1ccc(NCCOc2c(Cl)cccc2Cl)cc1. The number of rotatable bonds is 5. The maximum Gasteiger partial charge on any atom is 0.156 e. The van der Waals surface area contributed by atoms with Crippen LogP contribution in [0.5, 0.6) is 5.75 Å². The van der Waals surface area contributed by atoms with Crippen LogP contribution in [0.1, 0.15) is 5.56 Å². The highest BCUT2D eigenvalue weighted by Crippen LogP contribution is 2.32. The third kappa shape index (κ3) is 4.05. The summed E-state index contributed by atoms with van der Waals surface area (Å²) in [7, 11) is 0. The molecule has 0 spiro atoms. The van der Waals surface area contributed by atoms with E-state index in [0.717, 1.165) is 5.69 Å². The normalized spacial score (nSPS) is 10.3. The smallest absolute Gasteiger partial charge is 0.156 e. The molecule has 0 saturated heterocycles. The number of aryl methyl sites for hydroxylation is 1. The molecule has 4 heteroatoms. The summed E-state index contributed by atoms with van der Waals surface area (Å²) in [5.74, 6) is 0.538. The predicted molar refractivity (Wildman–Crippen MR) is 81.6 cm³/mol. The van der Waals surface area contributed by atoms with E-state index >= 15 is 0 Å². The third-order valence-electron chi connectivity index (χ3n) is 2.65. The molecule has 100 valence electrons. The molecule has 0 bridgehead atoms. The molecular weight excluding hydrogens is 281 g/mol. The standard InChI is InChI=1S/C15H15Cl2NO/c1-11-5-7-12(8-6-11)18-9-10-19-15-13(16)3-2-4-14(15)17/h2-8,18H,9-10H2,1H3. The van der Waals surface area contributed by atoms with Crippen molar-refractivity contribution in [2.24, 2.45) is 0 Å². The average Bonchev–Trinajstić information content (AvgIpc) is 2.39. The van der Waals surface area contributed by atoms with Crippen LogP contribution in [0.3, 0.4) is 0 Å². The van der Waals surface area contributed by atoms with Crippen LogP contribution in [0.2, 0.25) is 10.0 Å². The van der Waals surface area contributed by atoms with Gasteiger partial charge in [-0.05, 0) is 31.2 Å². The second kappa shape index (κ2) is 6.69. The Morgan fingerprint density at radius 1 is 1.00 bits per heavy atom. The van der Waals surface area contributed by atoms with E-state index in [0.29, 0.717) is 28.9 Å². The summed E-state index contributed by atoms with van der Waals surface area (Å²) in [4.78, 5) is 0.